The van der Waals surface area contributed by atoms with Gasteiger partial charge in [0.05, 0.1) is 0 Å². The van der Waals surface area contributed by atoms with Gasteiger partial charge in [0.25, 0.3) is 0 Å². The van der Waals surface area contributed by atoms with Gasteiger partial charge in [0.15, 0.2) is 5.78 Å². The summed E-state index contributed by atoms with van der Waals surface area (Å²) in [5.41, 5.74) is 5.25. The van der Waals surface area contributed by atoms with Gasteiger partial charge in [-0.3, -0.25) is 4.79 Å². The van der Waals surface area contributed by atoms with Gasteiger partial charge in [0.2, 0.25) is 0 Å². The molecule has 218 valence electrons. The molecule has 2 heterocycles. The van der Waals surface area contributed by atoms with E-state index in [1.165, 1.54) is 10.9 Å². The van der Waals surface area contributed by atoms with E-state index < -0.39 is 0 Å². The zero-order valence-electron chi connectivity index (χ0n) is 25.2. The van der Waals surface area contributed by atoms with Crippen LogP contribution in [0.1, 0.15) is 49.2 Å². The summed E-state index contributed by atoms with van der Waals surface area (Å²) in [7, 11) is 0. The van der Waals surface area contributed by atoms with Crippen LogP contribution in [0.5, 0.6) is 11.5 Å². The average molecular weight is 571 g/mol. The Kier molecular flexibility index (Phi) is 7.57. The molecule has 0 unspecified atom stereocenters. The van der Waals surface area contributed by atoms with Gasteiger partial charge in [-0.05, 0) is 57.7 Å². The monoisotopic (exact) mass is 570 g/mol. The van der Waals surface area contributed by atoms with E-state index >= 15 is 0 Å². The number of benzene rings is 4. The van der Waals surface area contributed by atoms with Crippen LogP contribution in [-0.4, -0.2) is 15.8 Å². The van der Waals surface area contributed by atoms with Gasteiger partial charge in [-0.1, -0.05) is 88.4 Å². The van der Waals surface area contributed by atoms with E-state index in [-0.39, 0.29) is 22.5 Å². The second-order valence-corrected chi connectivity index (χ2v) is 12.4. The predicted molar refractivity (Wildman–Crippen MR) is 174 cm³/mol. The third kappa shape index (κ3) is 5.80. The molecule has 1 fully saturated rings. The van der Waals surface area contributed by atoms with Crippen molar-refractivity contribution in [3.8, 4) is 11.5 Å². The smallest absolute Gasteiger partial charge is 0.169 e. The summed E-state index contributed by atoms with van der Waals surface area (Å²) < 4.78 is 11.6. The van der Waals surface area contributed by atoms with Crippen LogP contribution in [0.2, 0.25) is 0 Å². The van der Waals surface area contributed by atoms with Crippen molar-refractivity contribution in [1.29, 1.82) is 0 Å². The summed E-state index contributed by atoms with van der Waals surface area (Å²) in [6.45, 7) is 9.86. The fourth-order valence-electron chi connectivity index (χ4n) is 6.00. The lowest BCUT2D eigenvalue weighted by molar-refractivity contribution is 0.0947. The van der Waals surface area contributed by atoms with Crippen LogP contribution < -0.4 is 9.47 Å². The van der Waals surface area contributed by atoms with Crippen LogP contribution in [0, 0.1) is 16.7 Å². The Labute approximate surface area is 252 Å². The summed E-state index contributed by atoms with van der Waals surface area (Å²) in [4.78, 5) is 19.5. The van der Waals surface area contributed by atoms with Crippen LogP contribution in [-0.2, 0) is 13.2 Å². The summed E-state index contributed by atoms with van der Waals surface area (Å²) in [5, 5.41) is 2.18. The van der Waals surface area contributed by atoms with E-state index in [0.29, 0.717) is 13.2 Å². The van der Waals surface area contributed by atoms with E-state index in [9.17, 15) is 4.79 Å². The number of carbonyl (C=O) groups is 1. The van der Waals surface area contributed by atoms with Gasteiger partial charge >= 0.3 is 0 Å². The van der Waals surface area contributed by atoms with Gasteiger partial charge in [0, 0.05) is 52.4 Å². The third-order valence-electron chi connectivity index (χ3n) is 9.22. The molecule has 2 aromatic heterocycles. The normalized spacial score (nSPS) is 15.1. The zero-order valence-corrected chi connectivity index (χ0v) is 25.2. The second kappa shape index (κ2) is 11.5. The Morgan fingerprint density at radius 1 is 0.674 bits per heavy atom. The van der Waals surface area contributed by atoms with E-state index in [2.05, 4.69) is 61.9 Å². The maximum Gasteiger partial charge on any atom is 0.169 e. The summed E-state index contributed by atoms with van der Waals surface area (Å²) in [5.74, 6) is 2.00. The maximum atomic E-state index is 13.1. The number of carbonyl (C=O) groups excluding carboxylic acids is 1. The van der Waals surface area contributed by atoms with Crippen LogP contribution in [0.4, 0.5) is 0 Å². The molecule has 1 saturated carbocycles. The number of rotatable bonds is 8. The summed E-state index contributed by atoms with van der Waals surface area (Å²) in [6, 6.07) is 34.3. The van der Waals surface area contributed by atoms with Crippen molar-refractivity contribution >= 4 is 27.6 Å². The standard InChI is InChI=1S/C23H25NO2.C15H13NO/c1-22(2)21(23(22,3)4)20(25)18-13-24-19-12-16(10-11-17(18)19)26-14-15-8-6-5-7-9-15;1-2-4-12(5-3-1)11-17-14-7-6-13-8-9-16-15(13)10-14/h5-13,21,24H,14H2,1-4H3;1-10,16H,11H2. The molecular formula is C38H38N2O3. The highest BCUT2D eigenvalue weighted by Crippen LogP contribution is 2.69. The first-order chi connectivity index (χ1) is 20.7. The highest BCUT2D eigenvalue weighted by Gasteiger charge is 2.68. The SMILES string of the molecule is CC1(C)C(C(=O)c2c[nH]c3cc(OCc4ccccc4)ccc23)C1(C)C.c1ccc(COc2ccc3cc[nH]c3c2)cc1. The van der Waals surface area contributed by atoms with Crippen LogP contribution in [0.3, 0.4) is 0 Å². The molecule has 0 radical (unpaired) electrons. The Hall–Kier alpha value is -4.77. The lowest BCUT2D eigenvalue weighted by Gasteiger charge is -2.07. The first-order valence-electron chi connectivity index (χ1n) is 14.8. The average Bonchev–Trinajstić information content (AvgIpc) is 3.47. The number of aromatic nitrogens is 2. The molecule has 5 heteroatoms. The van der Waals surface area contributed by atoms with Gasteiger partial charge in [-0.2, -0.15) is 0 Å². The molecule has 1 aliphatic carbocycles. The van der Waals surface area contributed by atoms with Gasteiger partial charge in [-0.25, -0.2) is 0 Å². The van der Waals surface area contributed by atoms with E-state index in [4.69, 9.17) is 9.47 Å². The molecule has 5 nitrogen and oxygen atoms in total. The van der Waals surface area contributed by atoms with Crippen molar-refractivity contribution in [2.75, 3.05) is 0 Å². The second-order valence-electron chi connectivity index (χ2n) is 12.4. The molecule has 1 aliphatic rings. The van der Waals surface area contributed by atoms with Crippen molar-refractivity contribution in [2.45, 2.75) is 40.9 Å². The molecular weight excluding hydrogens is 532 g/mol. The lowest BCUT2D eigenvalue weighted by atomic mass is 10.0. The fourth-order valence-corrected chi connectivity index (χ4v) is 6.00. The first kappa shape index (κ1) is 28.4. The van der Waals surface area contributed by atoms with Crippen molar-refractivity contribution in [1.82, 2.24) is 9.97 Å². The number of ketones is 1. The number of hydrogen-bond acceptors (Lipinski definition) is 3. The topological polar surface area (TPSA) is 67.1 Å². The lowest BCUT2D eigenvalue weighted by Crippen LogP contribution is -2.06. The molecule has 0 bridgehead atoms. The van der Waals surface area contributed by atoms with Gasteiger partial charge in [0.1, 0.15) is 24.7 Å². The van der Waals surface area contributed by atoms with E-state index in [1.54, 1.807) is 0 Å². The molecule has 0 saturated heterocycles. The highest BCUT2D eigenvalue weighted by atomic mass is 16.5. The largest absolute Gasteiger partial charge is 0.489 e. The van der Waals surface area contributed by atoms with Crippen molar-refractivity contribution in [3.63, 3.8) is 0 Å². The number of ether oxygens (including phenoxy) is 2. The Bertz CT molecular complexity index is 1830. The number of nitrogens with one attached hydrogen (secondary N) is 2. The van der Waals surface area contributed by atoms with Crippen LogP contribution in [0.15, 0.2) is 116 Å². The number of Topliss-reactive ketones (excluding diaryl/α,β-unsaturated/α-hetero) is 1. The van der Waals surface area contributed by atoms with Crippen molar-refractivity contribution in [3.05, 3.63) is 132 Å². The zero-order chi connectivity index (χ0) is 30.0. The van der Waals surface area contributed by atoms with Crippen molar-refractivity contribution in [2.24, 2.45) is 16.7 Å². The Balaban J connectivity index is 0.000000167. The fraction of sp³-hybridized carbons (Fsp3) is 0.237. The number of H-pyrrole nitrogens is 2. The van der Waals surface area contributed by atoms with Gasteiger partial charge in [-0.15, -0.1) is 0 Å². The molecule has 43 heavy (non-hydrogen) atoms. The molecule has 6 aromatic rings. The minimum atomic E-state index is 0.0480. The minimum Gasteiger partial charge on any atom is -0.489 e. The molecule has 2 N–H and O–H groups in total. The Morgan fingerprint density at radius 2 is 1.23 bits per heavy atom. The number of aromatic amines is 2. The third-order valence-corrected chi connectivity index (χ3v) is 9.22. The number of hydrogen-bond donors (Lipinski definition) is 2. The molecule has 4 aromatic carbocycles. The van der Waals surface area contributed by atoms with Crippen molar-refractivity contribution < 1.29 is 14.3 Å². The number of fused-ring (bicyclic) bond motifs is 2. The quantitative estimate of drug-likeness (QED) is 0.179. The molecule has 7 rings (SSSR count). The summed E-state index contributed by atoms with van der Waals surface area (Å²) >= 11 is 0. The molecule has 0 atom stereocenters. The highest BCUT2D eigenvalue weighted by molar-refractivity contribution is 6.11. The van der Waals surface area contributed by atoms with Gasteiger partial charge < -0.3 is 19.4 Å². The van der Waals surface area contributed by atoms with E-state index in [0.717, 1.165) is 39.0 Å². The molecule has 0 spiro atoms. The molecule has 0 amide bonds. The predicted octanol–water partition coefficient (Wildman–Crippen LogP) is 9.36. The van der Waals surface area contributed by atoms with E-state index in [1.807, 2.05) is 91.3 Å². The molecule has 0 aliphatic heterocycles. The Morgan fingerprint density at radius 3 is 1.81 bits per heavy atom. The van der Waals surface area contributed by atoms with Crippen LogP contribution >= 0.6 is 0 Å². The first-order valence-corrected chi connectivity index (χ1v) is 14.8. The van der Waals surface area contributed by atoms with Crippen LogP contribution in [0.25, 0.3) is 21.8 Å². The minimum absolute atomic E-state index is 0.0480. The summed E-state index contributed by atoms with van der Waals surface area (Å²) in [6.07, 6.45) is 3.78. The maximum absolute atomic E-state index is 13.1.